The van der Waals surface area contributed by atoms with E-state index < -0.39 is 29.1 Å². The second-order valence-corrected chi connectivity index (χ2v) is 11.3. The van der Waals surface area contributed by atoms with Crippen LogP contribution in [0.5, 0.6) is 5.75 Å². The average Bonchev–Trinajstić information content (AvgIpc) is 3.02. The van der Waals surface area contributed by atoms with Crippen molar-refractivity contribution in [3.8, 4) is 28.0 Å². The molecule has 45 heavy (non-hydrogen) atoms. The molecule has 0 aliphatic carbocycles. The molecule has 10 nitrogen and oxygen atoms in total. The van der Waals surface area contributed by atoms with Crippen molar-refractivity contribution in [3.05, 3.63) is 103 Å². The first-order chi connectivity index (χ1) is 21.5. The minimum Gasteiger partial charge on any atom is -0.496 e. The first kappa shape index (κ1) is 32.1. The molecule has 1 saturated heterocycles. The van der Waals surface area contributed by atoms with Crippen LogP contribution in [0.15, 0.2) is 64.3 Å². The summed E-state index contributed by atoms with van der Waals surface area (Å²) < 4.78 is 28.6. The molecular weight excluding hydrogens is 603 g/mol. The monoisotopic (exact) mass is 636 g/mol. The van der Waals surface area contributed by atoms with Crippen LogP contribution in [0.1, 0.15) is 27.9 Å². The summed E-state index contributed by atoms with van der Waals surface area (Å²) in [5, 5.41) is 16.5. The van der Waals surface area contributed by atoms with Gasteiger partial charge in [-0.3, -0.25) is 14.2 Å². The Morgan fingerprint density at radius 3 is 2.58 bits per heavy atom. The molecule has 0 unspecified atom stereocenters. The van der Waals surface area contributed by atoms with E-state index in [0.29, 0.717) is 63.9 Å². The molecule has 12 heteroatoms. The quantitative estimate of drug-likeness (QED) is 0.267. The van der Waals surface area contributed by atoms with Gasteiger partial charge in [-0.1, -0.05) is 41.9 Å². The maximum absolute atomic E-state index is 15.5. The van der Waals surface area contributed by atoms with Gasteiger partial charge in [0.2, 0.25) is 0 Å². The minimum atomic E-state index is -0.704. The van der Waals surface area contributed by atoms with Crippen molar-refractivity contribution in [3.63, 3.8) is 0 Å². The molecule has 1 amide bonds. The number of carbonyl (C=O) groups is 1. The number of hydrogen-bond acceptors (Lipinski definition) is 7. The van der Waals surface area contributed by atoms with E-state index in [1.165, 1.54) is 38.0 Å². The van der Waals surface area contributed by atoms with Gasteiger partial charge in [-0.2, -0.15) is 0 Å². The zero-order valence-electron chi connectivity index (χ0n) is 25.3. The number of ether oxygens (including phenoxy) is 2. The SMILES string of the molecule is COc1cc(-c2cccc(-c3cccc(NC(=O)c4cn(C)c(=O)n(C)c4=O)c3C)c2Cl)cc(F)c1CN[C@@H]1COCC[C@H]1O. The normalized spacial score (nSPS) is 16.4. The van der Waals surface area contributed by atoms with Crippen LogP contribution in [0.2, 0.25) is 5.02 Å². The number of aliphatic hydroxyl groups is 1. The van der Waals surface area contributed by atoms with Gasteiger partial charge in [0.05, 0.1) is 30.9 Å². The average molecular weight is 637 g/mol. The van der Waals surface area contributed by atoms with E-state index in [4.69, 9.17) is 21.1 Å². The van der Waals surface area contributed by atoms with E-state index in [1.807, 2.05) is 19.1 Å². The fraction of sp³-hybridized carbons (Fsp3) is 0.303. The van der Waals surface area contributed by atoms with Crippen LogP contribution in [0.25, 0.3) is 22.3 Å². The number of hydrogen-bond donors (Lipinski definition) is 3. The van der Waals surface area contributed by atoms with Crippen LogP contribution >= 0.6 is 11.6 Å². The molecule has 5 rings (SSSR count). The van der Waals surface area contributed by atoms with Crippen LogP contribution in [0, 0.1) is 12.7 Å². The standard InChI is InChI=1S/C33H34ClFN4O6/c1-18-20(7-6-10-26(18)37-31(41)24-16-38(2)33(43)39(3)32(24)42)22-9-5-8-21(30(22)34)19-13-25(35)23(29(14-19)44-4)15-36-27-17-45-12-11-28(27)40/h5-10,13-14,16,27-28,36,40H,11-12,15,17H2,1-4H3,(H,37,41)/t27-,28-/m1/s1. The van der Waals surface area contributed by atoms with Gasteiger partial charge in [0.1, 0.15) is 17.1 Å². The van der Waals surface area contributed by atoms with Gasteiger partial charge in [-0.05, 0) is 48.2 Å². The Bertz CT molecular complexity index is 1890. The van der Waals surface area contributed by atoms with Gasteiger partial charge in [0, 0.05) is 55.8 Å². The lowest BCUT2D eigenvalue weighted by Gasteiger charge is -2.29. The Kier molecular flexibility index (Phi) is 9.54. The zero-order chi connectivity index (χ0) is 32.4. The predicted molar refractivity (Wildman–Crippen MR) is 171 cm³/mol. The summed E-state index contributed by atoms with van der Waals surface area (Å²) in [4.78, 5) is 37.7. The number of aromatic nitrogens is 2. The maximum atomic E-state index is 15.5. The fourth-order valence-electron chi connectivity index (χ4n) is 5.45. The molecule has 1 aliphatic heterocycles. The summed E-state index contributed by atoms with van der Waals surface area (Å²) in [7, 11) is 4.24. The summed E-state index contributed by atoms with van der Waals surface area (Å²) in [6, 6.07) is 13.5. The van der Waals surface area contributed by atoms with E-state index in [2.05, 4.69) is 10.6 Å². The van der Waals surface area contributed by atoms with E-state index in [9.17, 15) is 19.5 Å². The number of amides is 1. The van der Waals surface area contributed by atoms with Crippen LogP contribution in [-0.2, 0) is 25.4 Å². The molecule has 0 radical (unpaired) electrons. The van der Waals surface area contributed by atoms with Crippen LogP contribution in [0.3, 0.4) is 0 Å². The largest absolute Gasteiger partial charge is 0.496 e. The summed E-state index contributed by atoms with van der Waals surface area (Å²) in [5.74, 6) is -0.820. The summed E-state index contributed by atoms with van der Waals surface area (Å²) in [6.07, 6.45) is 1.14. The third-order valence-electron chi connectivity index (χ3n) is 8.11. The predicted octanol–water partition coefficient (Wildman–Crippen LogP) is 4.02. The molecule has 2 heterocycles. The lowest BCUT2D eigenvalue weighted by Crippen LogP contribution is -2.46. The highest BCUT2D eigenvalue weighted by Crippen LogP contribution is 2.40. The molecule has 3 N–H and O–H groups in total. The molecule has 3 aromatic carbocycles. The van der Waals surface area contributed by atoms with Crippen molar-refractivity contribution in [1.29, 1.82) is 0 Å². The van der Waals surface area contributed by atoms with E-state index in [1.54, 1.807) is 30.3 Å². The number of benzene rings is 3. The number of aryl methyl sites for hydroxylation is 1. The van der Waals surface area contributed by atoms with Gasteiger partial charge >= 0.3 is 5.69 Å². The zero-order valence-corrected chi connectivity index (χ0v) is 26.1. The Balaban J connectivity index is 1.45. The summed E-state index contributed by atoms with van der Waals surface area (Å²) in [6.45, 7) is 2.77. The Morgan fingerprint density at radius 1 is 1.13 bits per heavy atom. The summed E-state index contributed by atoms with van der Waals surface area (Å²) in [5.41, 5.74) is 2.48. The fourth-order valence-corrected chi connectivity index (χ4v) is 5.79. The van der Waals surface area contributed by atoms with Crippen molar-refractivity contribution in [2.45, 2.75) is 32.0 Å². The molecule has 2 atom stereocenters. The number of anilines is 1. The number of halogens is 2. The Hall–Kier alpha value is -4.29. The highest BCUT2D eigenvalue weighted by atomic mass is 35.5. The minimum absolute atomic E-state index is 0.136. The highest BCUT2D eigenvalue weighted by Gasteiger charge is 2.25. The molecule has 1 fully saturated rings. The van der Waals surface area contributed by atoms with Crippen LogP contribution in [0.4, 0.5) is 10.1 Å². The first-order valence-electron chi connectivity index (χ1n) is 14.3. The molecule has 1 aromatic heterocycles. The number of aliphatic hydroxyl groups excluding tert-OH is 1. The maximum Gasteiger partial charge on any atom is 0.330 e. The lowest BCUT2D eigenvalue weighted by atomic mass is 9.94. The number of nitrogens with zero attached hydrogens (tertiary/aromatic N) is 2. The topological polar surface area (TPSA) is 124 Å². The lowest BCUT2D eigenvalue weighted by molar-refractivity contribution is -0.0161. The van der Waals surface area contributed by atoms with E-state index in [0.717, 1.165) is 10.1 Å². The molecule has 236 valence electrons. The van der Waals surface area contributed by atoms with Crippen molar-refractivity contribution in [2.24, 2.45) is 14.1 Å². The molecule has 0 bridgehead atoms. The van der Waals surface area contributed by atoms with Gasteiger partial charge in [0.25, 0.3) is 11.5 Å². The van der Waals surface area contributed by atoms with Gasteiger partial charge in [-0.25, -0.2) is 9.18 Å². The molecule has 4 aromatic rings. The van der Waals surface area contributed by atoms with Gasteiger partial charge in [-0.15, -0.1) is 0 Å². The smallest absolute Gasteiger partial charge is 0.330 e. The van der Waals surface area contributed by atoms with Crippen LogP contribution < -0.4 is 26.6 Å². The van der Waals surface area contributed by atoms with E-state index in [-0.39, 0.29) is 18.2 Å². The molecule has 1 aliphatic rings. The van der Waals surface area contributed by atoms with Gasteiger partial charge < -0.3 is 29.8 Å². The number of carbonyl (C=O) groups excluding carboxylic acids is 1. The van der Waals surface area contributed by atoms with Crippen molar-refractivity contribution >= 4 is 23.2 Å². The Labute approximate surface area is 264 Å². The first-order valence-corrected chi connectivity index (χ1v) is 14.7. The highest BCUT2D eigenvalue weighted by molar-refractivity contribution is 6.36. The third kappa shape index (κ3) is 6.43. The summed E-state index contributed by atoms with van der Waals surface area (Å²) >= 11 is 6.96. The van der Waals surface area contributed by atoms with Crippen molar-refractivity contribution in [1.82, 2.24) is 14.5 Å². The van der Waals surface area contributed by atoms with Gasteiger partial charge in [0.15, 0.2) is 0 Å². The molecular formula is C33H34ClFN4O6. The molecule has 0 spiro atoms. The third-order valence-corrected chi connectivity index (χ3v) is 8.52. The van der Waals surface area contributed by atoms with Crippen molar-refractivity contribution in [2.75, 3.05) is 25.6 Å². The van der Waals surface area contributed by atoms with Crippen LogP contribution in [-0.4, -0.2) is 52.6 Å². The number of nitrogens with one attached hydrogen (secondary N) is 2. The number of methoxy groups -OCH3 is 1. The second-order valence-electron chi connectivity index (χ2n) is 11.0. The second kappa shape index (κ2) is 13.4. The molecule has 0 saturated carbocycles. The Morgan fingerprint density at radius 2 is 1.84 bits per heavy atom. The number of rotatable bonds is 8. The van der Waals surface area contributed by atoms with Crippen molar-refractivity contribution < 1.29 is 23.8 Å². The van der Waals surface area contributed by atoms with E-state index >= 15 is 4.39 Å².